The lowest BCUT2D eigenvalue weighted by atomic mass is 9.99. The lowest BCUT2D eigenvalue weighted by Crippen LogP contribution is -2.00. The van der Waals surface area contributed by atoms with Crippen LogP contribution in [0.3, 0.4) is 0 Å². The summed E-state index contributed by atoms with van der Waals surface area (Å²) in [6, 6.07) is 10.2. The third-order valence-electron chi connectivity index (χ3n) is 2.76. The Kier molecular flexibility index (Phi) is 3.84. The van der Waals surface area contributed by atoms with Crippen molar-refractivity contribution in [2.45, 2.75) is 6.54 Å². The molecule has 0 heterocycles. The fourth-order valence-corrected chi connectivity index (χ4v) is 1.99. The molecule has 0 saturated carbocycles. The highest BCUT2D eigenvalue weighted by atomic mass is 35.5. The molecule has 2 rings (SSSR count). The van der Waals surface area contributed by atoms with Gasteiger partial charge >= 0.3 is 0 Å². The molecule has 94 valence electrons. The molecule has 0 amide bonds. The third kappa shape index (κ3) is 2.47. The first-order valence-electron chi connectivity index (χ1n) is 5.48. The maximum Gasteiger partial charge on any atom is 0.141 e. The van der Waals surface area contributed by atoms with Crippen molar-refractivity contribution in [1.82, 2.24) is 0 Å². The SMILES string of the molecule is COc1ccc(-c2ccc(F)c(Cl)c2)c(CN)c1. The maximum absolute atomic E-state index is 13.1. The monoisotopic (exact) mass is 265 g/mol. The highest BCUT2D eigenvalue weighted by Gasteiger charge is 2.08. The Morgan fingerprint density at radius 1 is 1.22 bits per heavy atom. The molecule has 0 aliphatic heterocycles. The number of hydrogen-bond acceptors (Lipinski definition) is 2. The summed E-state index contributed by atoms with van der Waals surface area (Å²) >= 11 is 5.79. The minimum atomic E-state index is -0.428. The van der Waals surface area contributed by atoms with E-state index < -0.39 is 5.82 Å². The smallest absolute Gasteiger partial charge is 0.141 e. The van der Waals surface area contributed by atoms with Gasteiger partial charge in [-0.05, 0) is 41.0 Å². The number of benzene rings is 2. The van der Waals surface area contributed by atoms with Crippen LogP contribution in [0.4, 0.5) is 4.39 Å². The van der Waals surface area contributed by atoms with Crippen LogP contribution in [0, 0.1) is 5.82 Å². The normalized spacial score (nSPS) is 10.4. The summed E-state index contributed by atoms with van der Waals surface area (Å²) in [7, 11) is 1.60. The summed E-state index contributed by atoms with van der Waals surface area (Å²) in [5.74, 6) is 0.315. The van der Waals surface area contributed by atoms with E-state index in [4.69, 9.17) is 22.1 Å². The van der Waals surface area contributed by atoms with E-state index in [0.717, 1.165) is 22.4 Å². The summed E-state index contributed by atoms with van der Waals surface area (Å²) in [5, 5.41) is 0.103. The number of hydrogen-bond donors (Lipinski definition) is 1. The van der Waals surface area contributed by atoms with Gasteiger partial charge in [-0.3, -0.25) is 0 Å². The molecule has 0 saturated heterocycles. The quantitative estimate of drug-likeness (QED) is 0.920. The van der Waals surface area contributed by atoms with Gasteiger partial charge in [-0.15, -0.1) is 0 Å². The van der Waals surface area contributed by atoms with Crippen molar-refractivity contribution in [2.24, 2.45) is 5.73 Å². The lowest BCUT2D eigenvalue weighted by Gasteiger charge is -2.10. The molecule has 18 heavy (non-hydrogen) atoms. The number of nitrogens with two attached hydrogens (primary N) is 1. The van der Waals surface area contributed by atoms with E-state index in [1.807, 2.05) is 18.2 Å². The van der Waals surface area contributed by atoms with Gasteiger partial charge in [0.15, 0.2) is 0 Å². The molecule has 0 aliphatic carbocycles. The van der Waals surface area contributed by atoms with Crippen molar-refractivity contribution in [3.05, 3.63) is 52.8 Å². The predicted molar refractivity (Wildman–Crippen MR) is 71.3 cm³/mol. The maximum atomic E-state index is 13.1. The molecule has 0 spiro atoms. The minimum Gasteiger partial charge on any atom is -0.497 e. The Labute approximate surface area is 110 Å². The van der Waals surface area contributed by atoms with Crippen LogP contribution in [0.15, 0.2) is 36.4 Å². The van der Waals surface area contributed by atoms with E-state index in [0.29, 0.717) is 6.54 Å². The average molecular weight is 266 g/mol. The molecule has 0 atom stereocenters. The van der Waals surface area contributed by atoms with Gasteiger partial charge in [-0.2, -0.15) is 0 Å². The first-order valence-corrected chi connectivity index (χ1v) is 5.86. The van der Waals surface area contributed by atoms with Crippen molar-refractivity contribution >= 4 is 11.6 Å². The van der Waals surface area contributed by atoms with Gasteiger partial charge in [0, 0.05) is 6.54 Å². The van der Waals surface area contributed by atoms with Gasteiger partial charge < -0.3 is 10.5 Å². The molecule has 4 heteroatoms. The van der Waals surface area contributed by atoms with Crippen LogP contribution in [-0.4, -0.2) is 7.11 Å². The summed E-state index contributed by atoms with van der Waals surface area (Å²) in [4.78, 5) is 0. The number of halogens is 2. The fraction of sp³-hybridized carbons (Fsp3) is 0.143. The summed E-state index contributed by atoms with van der Waals surface area (Å²) in [6.07, 6.45) is 0. The number of methoxy groups -OCH3 is 1. The van der Waals surface area contributed by atoms with Gasteiger partial charge in [0.25, 0.3) is 0 Å². The topological polar surface area (TPSA) is 35.2 Å². The number of rotatable bonds is 3. The minimum absolute atomic E-state index is 0.103. The largest absolute Gasteiger partial charge is 0.497 e. The van der Waals surface area contributed by atoms with E-state index in [9.17, 15) is 4.39 Å². The Balaban J connectivity index is 2.52. The van der Waals surface area contributed by atoms with Crippen LogP contribution in [0.5, 0.6) is 5.75 Å². The van der Waals surface area contributed by atoms with Crippen LogP contribution >= 0.6 is 11.6 Å². The predicted octanol–water partition coefficient (Wildman–Crippen LogP) is 3.61. The van der Waals surface area contributed by atoms with Crippen LogP contribution in [0.25, 0.3) is 11.1 Å². The molecule has 0 bridgehead atoms. The summed E-state index contributed by atoms with van der Waals surface area (Å²) < 4.78 is 18.3. The van der Waals surface area contributed by atoms with Crippen molar-refractivity contribution in [2.75, 3.05) is 7.11 Å². The Morgan fingerprint density at radius 2 is 2.00 bits per heavy atom. The molecule has 2 nitrogen and oxygen atoms in total. The van der Waals surface area contributed by atoms with Gasteiger partial charge in [0.05, 0.1) is 12.1 Å². The Bertz CT molecular complexity index is 572. The molecule has 2 aromatic carbocycles. The van der Waals surface area contributed by atoms with Crippen LogP contribution < -0.4 is 10.5 Å². The zero-order valence-corrected chi connectivity index (χ0v) is 10.7. The van der Waals surface area contributed by atoms with E-state index in [1.54, 1.807) is 19.2 Å². The van der Waals surface area contributed by atoms with Crippen LogP contribution in [0.1, 0.15) is 5.56 Å². The van der Waals surface area contributed by atoms with Gasteiger partial charge in [0.2, 0.25) is 0 Å². The lowest BCUT2D eigenvalue weighted by molar-refractivity contribution is 0.414. The van der Waals surface area contributed by atoms with Gasteiger partial charge in [-0.1, -0.05) is 23.7 Å². The highest BCUT2D eigenvalue weighted by molar-refractivity contribution is 6.31. The zero-order valence-electron chi connectivity index (χ0n) is 9.91. The first-order chi connectivity index (χ1) is 8.65. The van der Waals surface area contributed by atoms with E-state index in [1.165, 1.54) is 6.07 Å². The Hall–Kier alpha value is -1.58. The molecule has 0 radical (unpaired) electrons. The fourth-order valence-electron chi connectivity index (χ4n) is 1.81. The summed E-state index contributed by atoms with van der Waals surface area (Å²) in [6.45, 7) is 0.377. The molecule has 0 aliphatic rings. The molecule has 2 N–H and O–H groups in total. The second kappa shape index (κ2) is 5.38. The van der Waals surface area contributed by atoms with Crippen LogP contribution in [0.2, 0.25) is 5.02 Å². The van der Waals surface area contributed by atoms with Crippen LogP contribution in [-0.2, 0) is 6.54 Å². The van der Waals surface area contributed by atoms with E-state index in [-0.39, 0.29) is 5.02 Å². The van der Waals surface area contributed by atoms with Gasteiger partial charge in [-0.25, -0.2) is 4.39 Å². The summed E-state index contributed by atoms with van der Waals surface area (Å²) in [5.41, 5.74) is 8.41. The molecule has 0 unspecified atom stereocenters. The van der Waals surface area contributed by atoms with E-state index in [2.05, 4.69) is 0 Å². The van der Waals surface area contributed by atoms with E-state index >= 15 is 0 Å². The van der Waals surface area contributed by atoms with Crippen molar-refractivity contribution in [3.8, 4) is 16.9 Å². The molecule has 0 aromatic heterocycles. The molecule has 0 fully saturated rings. The second-order valence-electron chi connectivity index (χ2n) is 3.86. The van der Waals surface area contributed by atoms with Crippen molar-refractivity contribution < 1.29 is 9.13 Å². The van der Waals surface area contributed by atoms with Gasteiger partial charge in [0.1, 0.15) is 11.6 Å². The molecular formula is C14H13ClFNO. The Morgan fingerprint density at radius 3 is 2.61 bits per heavy atom. The third-order valence-corrected chi connectivity index (χ3v) is 3.05. The number of ether oxygens (including phenoxy) is 1. The average Bonchev–Trinajstić information content (AvgIpc) is 2.41. The first kappa shape index (κ1) is 12.9. The van der Waals surface area contributed by atoms with Crippen molar-refractivity contribution in [1.29, 1.82) is 0 Å². The highest BCUT2D eigenvalue weighted by Crippen LogP contribution is 2.29. The van der Waals surface area contributed by atoms with Crippen molar-refractivity contribution in [3.63, 3.8) is 0 Å². The second-order valence-corrected chi connectivity index (χ2v) is 4.26. The standard InChI is InChI=1S/C14H13ClFNO/c1-18-11-3-4-12(10(6-11)8-17)9-2-5-14(16)13(15)7-9/h2-7H,8,17H2,1H3. The zero-order chi connectivity index (χ0) is 13.1. The molecular weight excluding hydrogens is 253 g/mol. The molecule has 2 aromatic rings.